The van der Waals surface area contributed by atoms with Crippen LogP contribution in [0.2, 0.25) is 5.02 Å². The van der Waals surface area contributed by atoms with Gasteiger partial charge in [-0.2, -0.15) is 0 Å². The number of amides is 1. The summed E-state index contributed by atoms with van der Waals surface area (Å²) in [6.45, 7) is 4.57. The lowest BCUT2D eigenvalue weighted by Crippen LogP contribution is -2.36. The van der Waals surface area contributed by atoms with Gasteiger partial charge < -0.3 is 10.6 Å². The van der Waals surface area contributed by atoms with Gasteiger partial charge in [0, 0.05) is 10.9 Å². The van der Waals surface area contributed by atoms with Crippen LogP contribution in [0.4, 0.5) is 5.69 Å². The van der Waals surface area contributed by atoms with Crippen molar-refractivity contribution in [1.82, 2.24) is 4.90 Å². The molecule has 0 saturated heterocycles. The smallest absolute Gasteiger partial charge is 0.256 e. The molecule has 2 rings (SSSR count). The molecule has 1 aromatic heterocycles. The maximum absolute atomic E-state index is 12.7. The van der Waals surface area contributed by atoms with Gasteiger partial charge >= 0.3 is 0 Å². The summed E-state index contributed by atoms with van der Waals surface area (Å²) >= 11 is 7.79. The molecule has 0 atom stereocenters. The van der Waals surface area contributed by atoms with Crippen molar-refractivity contribution >= 4 is 34.5 Å². The van der Waals surface area contributed by atoms with Crippen LogP contribution in [0.25, 0.3) is 0 Å². The zero-order valence-corrected chi connectivity index (χ0v) is 13.0. The van der Waals surface area contributed by atoms with Crippen molar-refractivity contribution in [2.24, 2.45) is 0 Å². The van der Waals surface area contributed by atoms with Crippen LogP contribution in [-0.4, -0.2) is 16.8 Å². The Morgan fingerprint density at radius 3 is 2.70 bits per heavy atom. The van der Waals surface area contributed by atoms with E-state index in [2.05, 4.69) is 0 Å². The highest BCUT2D eigenvalue weighted by molar-refractivity contribution is 7.09. The molecule has 0 fully saturated rings. The summed E-state index contributed by atoms with van der Waals surface area (Å²) in [6, 6.07) is 9.24. The van der Waals surface area contributed by atoms with Crippen molar-refractivity contribution in [3.8, 4) is 0 Å². The molecule has 5 heteroatoms. The first-order chi connectivity index (χ1) is 9.50. The topological polar surface area (TPSA) is 46.3 Å². The zero-order valence-electron chi connectivity index (χ0n) is 11.5. The highest BCUT2D eigenvalue weighted by Crippen LogP contribution is 2.26. The van der Waals surface area contributed by atoms with Gasteiger partial charge in [-0.05, 0) is 37.4 Å². The Bertz CT molecular complexity index is 596. The fourth-order valence-electron chi connectivity index (χ4n) is 1.93. The first-order valence-electron chi connectivity index (χ1n) is 6.38. The van der Waals surface area contributed by atoms with Gasteiger partial charge in [0.15, 0.2) is 0 Å². The lowest BCUT2D eigenvalue weighted by atomic mass is 10.1. The average molecular weight is 309 g/mol. The molecule has 0 radical (unpaired) electrons. The van der Waals surface area contributed by atoms with Gasteiger partial charge in [0.1, 0.15) is 0 Å². The second-order valence-electron chi connectivity index (χ2n) is 4.81. The minimum atomic E-state index is -0.0919. The normalized spacial score (nSPS) is 10.8. The lowest BCUT2D eigenvalue weighted by Gasteiger charge is -2.27. The Morgan fingerprint density at radius 2 is 2.10 bits per heavy atom. The molecule has 0 saturated carbocycles. The molecule has 0 aliphatic carbocycles. The number of hydrogen-bond donors (Lipinski definition) is 1. The molecule has 20 heavy (non-hydrogen) atoms. The van der Waals surface area contributed by atoms with Crippen molar-refractivity contribution in [1.29, 1.82) is 0 Å². The summed E-state index contributed by atoms with van der Waals surface area (Å²) in [5.74, 6) is -0.0919. The Labute approximate surface area is 128 Å². The van der Waals surface area contributed by atoms with Gasteiger partial charge in [-0.15, -0.1) is 11.3 Å². The van der Waals surface area contributed by atoms with Crippen LogP contribution in [0.5, 0.6) is 0 Å². The maximum Gasteiger partial charge on any atom is 0.256 e. The molecule has 106 valence electrons. The van der Waals surface area contributed by atoms with E-state index >= 15 is 0 Å². The SMILES string of the molecule is CC(C)N(Cc1cccs1)C(=O)c1cccc(N)c1Cl. The van der Waals surface area contributed by atoms with Crippen LogP contribution in [0.1, 0.15) is 29.1 Å². The van der Waals surface area contributed by atoms with E-state index in [1.165, 1.54) is 0 Å². The molecule has 0 spiro atoms. The Balaban J connectivity index is 2.29. The van der Waals surface area contributed by atoms with E-state index < -0.39 is 0 Å². The first-order valence-corrected chi connectivity index (χ1v) is 7.63. The predicted octanol–water partition coefficient (Wildman–Crippen LogP) is 4.03. The van der Waals surface area contributed by atoms with Gasteiger partial charge in [-0.1, -0.05) is 23.7 Å². The van der Waals surface area contributed by atoms with E-state index in [-0.39, 0.29) is 11.9 Å². The van der Waals surface area contributed by atoms with Crippen LogP contribution < -0.4 is 5.73 Å². The van der Waals surface area contributed by atoms with Crippen LogP contribution in [0.15, 0.2) is 35.7 Å². The number of nitrogen functional groups attached to an aromatic ring is 1. The number of anilines is 1. The number of rotatable bonds is 4. The Hall–Kier alpha value is -1.52. The summed E-state index contributed by atoms with van der Waals surface area (Å²) in [4.78, 5) is 15.6. The van der Waals surface area contributed by atoms with Crippen LogP contribution >= 0.6 is 22.9 Å². The van der Waals surface area contributed by atoms with E-state index in [0.717, 1.165) is 4.88 Å². The summed E-state index contributed by atoms with van der Waals surface area (Å²) < 4.78 is 0. The van der Waals surface area contributed by atoms with Crippen LogP contribution in [-0.2, 0) is 6.54 Å². The monoisotopic (exact) mass is 308 g/mol. The fourth-order valence-corrected chi connectivity index (χ4v) is 2.84. The molecule has 0 bridgehead atoms. The van der Waals surface area contributed by atoms with Crippen molar-refractivity contribution in [2.75, 3.05) is 5.73 Å². The van der Waals surface area contributed by atoms with Gasteiger partial charge in [0.05, 0.1) is 22.8 Å². The van der Waals surface area contributed by atoms with Crippen LogP contribution in [0, 0.1) is 0 Å². The van der Waals surface area contributed by atoms with E-state index in [1.54, 1.807) is 34.4 Å². The summed E-state index contributed by atoms with van der Waals surface area (Å²) in [7, 11) is 0. The number of benzene rings is 1. The third-order valence-corrected chi connectivity index (χ3v) is 4.33. The number of nitrogens with two attached hydrogens (primary N) is 1. The summed E-state index contributed by atoms with van der Waals surface area (Å²) in [6.07, 6.45) is 0. The molecule has 1 aromatic carbocycles. The third kappa shape index (κ3) is 3.14. The molecule has 2 N–H and O–H groups in total. The molecule has 2 aromatic rings. The van der Waals surface area contributed by atoms with Crippen molar-refractivity contribution < 1.29 is 4.79 Å². The molecule has 0 aliphatic heterocycles. The second-order valence-corrected chi connectivity index (χ2v) is 6.23. The summed E-state index contributed by atoms with van der Waals surface area (Å²) in [5, 5.41) is 2.33. The number of nitrogens with zero attached hydrogens (tertiary/aromatic N) is 1. The zero-order chi connectivity index (χ0) is 14.7. The molecule has 1 heterocycles. The number of thiophene rings is 1. The number of carbonyl (C=O) groups excluding carboxylic acids is 1. The molecular weight excluding hydrogens is 292 g/mol. The standard InChI is InChI=1S/C15H17ClN2OS/c1-10(2)18(9-11-5-4-8-20-11)15(19)12-6-3-7-13(17)14(12)16/h3-8,10H,9,17H2,1-2H3. The fraction of sp³-hybridized carbons (Fsp3) is 0.267. The van der Waals surface area contributed by atoms with Crippen LogP contribution in [0.3, 0.4) is 0 Å². The molecular formula is C15H17ClN2OS. The minimum absolute atomic E-state index is 0.0853. The van der Waals surface area contributed by atoms with Gasteiger partial charge in [-0.3, -0.25) is 4.79 Å². The largest absolute Gasteiger partial charge is 0.398 e. The molecule has 3 nitrogen and oxygen atoms in total. The minimum Gasteiger partial charge on any atom is -0.398 e. The highest BCUT2D eigenvalue weighted by atomic mass is 35.5. The van der Waals surface area contributed by atoms with E-state index in [0.29, 0.717) is 22.8 Å². The quantitative estimate of drug-likeness (QED) is 0.867. The maximum atomic E-state index is 12.7. The van der Waals surface area contributed by atoms with Gasteiger partial charge in [-0.25, -0.2) is 0 Å². The predicted molar refractivity (Wildman–Crippen MR) is 85.2 cm³/mol. The van der Waals surface area contributed by atoms with E-state index in [4.69, 9.17) is 17.3 Å². The van der Waals surface area contributed by atoms with Gasteiger partial charge in [0.25, 0.3) is 5.91 Å². The van der Waals surface area contributed by atoms with Crippen molar-refractivity contribution in [2.45, 2.75) is 26.4 Å². The van der Waals surface area contributed by atoms with Crippen molar-refractivity contribution in [3.05, 3.63) is 51.2 Å². The summed E-state index contributed by atoms with van der Waals surface area (Å²) in [5.41, 5.74) is 6.65. The van der Waals surface area contributed by atoms with E-state index in [1.807, 2.05) is 31.4 Å². The van der Waals surface area contributed by atoms with Gasteiger partial charge in [0.2, 0.25) is 0 Å². The molecule has 1 amide bonds. The number of hydrogen-bond acceptors (Lipinski definition) is 3. The first kappa shape index (κ1) is 14.9. The molecule has 0 unspecified atom stereocenters. The Morgan fingerprint density at radius 1 is 1.35 bits per heavy atom. The number of halogens is 1. The van der Waals surface area contributed by atoms with Crippen molar-refractivity contribution in [3.63, 3.8) is 0 Å². The highest BCUT2D eigenvalue weighted by Gasteiger charge is 2.22. The molecule has 0 aliphatic rings. The van der Waals surface area contributed by atoms with E-state index in [9.17, 15) is 4.79 Å². The Kier molecular flexibility index (Phi) is 4.68. The lowest BCUT2D eigenvalue weighted by molar-refractivity contribution is 0.0692. The third-order valence-electron chi connectivity index (χ3n) is 3.05. The average Bonchev–Trinajstić information content (AvgIpc) is 2.91. The second kappa shape index (κ2) is 6.29. The number of carbonyl (C=O) groups is 1.